The van der Waals surface area contributed by atoms with Crippen LogP contribution in [0, 0.1) is 17.8 Å². The molecule has 1 heterocycles. The molecular formula is C15H26N4O. The van der Waals surface area contributed by atoms with Crippen molar-refractivity contribution in [3.05, 3.63) is 11.9 Å². The lowest BCUT2D eigenvalue weighted by molar-refractivity contribution is 0.270. The summed E-state index contributed by atoms with van der Waals surface area (Å²) in [6, 6.07) is 0.136. The predicted molar refractivity (Wildman–Crippen MR) is 78.1 cm³/mol. The van der Waals surface area contributed by atoms with E-state index in [1.54, 1.807) is 13.3 Å². The van der Waals surface area contributed by atoms with Crippen molar-refractivity contribution in [2.24, 2.45) is 23.6 Å². The normalized spacial score (nSPS) is 29.9. The van der Waals surface area contributed by atoms with E-state index in [1.807, 2.05) is 4.68 Å². The summed E-state index contributed by atoms with van der Waals surface area (Å²) in [6.07, 6.45) is 8.57. The molecule has 0 aliphatic heterocycles. The first kappa shape index (κ1) is 13.9. The summed E-state index contributed by atoms with van der Waals surface area (Å²) in [7, 11) is 1.70. The molecule has 0 amide bonds. The van der Waals surface area contributed by atoms with E-state index >= 15 is 0 Å². The third-order valence-corrected chi connectivity index (χ3v) is 5.32. The number of aromatic nitrogens is 2. The van der Waals surface area contributed by atoms with Gasteiger partial charge in [-0.3, -0.25) is 16.0 Å². The number of ether oxygens (including phenoxy) is 1. The maximum absolute atomic E-state index is 5.84. The number of hydrazine groups is 1. The number of methoxy groups -OCH3 is 1. The van der Waals surface area contributed by atoms with Crippen LogP contribution in [0.25, 0.3) is 0 Å². The van der Waals surface area contributed by atoms with E-state index in [0.717, 1.165) is 42.2 Å². The standard InChI is InChI=1S/C15H26N4O/c1-3-19-15(14(20-2)9-17-19)13(18-16)8-12-7-10-4-5-11(12)6-10/h9-13,18H,3-8,16H2,1-2H3. The number of nitrogens with zero attached hydrogens (tertiary/aromatic N) is 2. The van der Waals surface area contributed by atoms with E-state index < -0.39 is 0 Å². The molecule has 1 aromatic rings. The highest BCUT2D eigenvalue weighted by atomic mass is 16.5. The van der Waals surface area contributed by atoms with Crippen molar-refractivity contribution >= 4 is 0 Å². The fraction of sp³-hybridized carbons (Fsp3) is 0.800. The van der Waals surface area contributed by atoms with Gasteiger partial charge in [0.2, 0.25) is 0 Å². The highest BCUT2D eigenvalue weighted by molar-refractivity contribution is 5.28. The Kier molecular flexibility index (Phi) is 3.98. The zero-order chi connectivity index (χ0) is 14.1. The minimum absolute atomic E-state index is 0.136. The molecular weight excluding hydrogens is 252 g/mol. The van der Waals surface area contributed by atoms with E-state index in [4.69, 9.17) is 10.6 Å². The molecule has 2 fully saturated rings. The van der Waals surface area contributed by atoms with Crippen LogP contribution in [0.15, 0.2) is 6.20 Å². The second-order valence-electron chi connectivity index (χ2n) is 6.30. The average Bonchev–Trinajstić information content (AvgIpc) is 3.18. The Hall–Kier alpha value is -1.07. The lowest BCUT2D eigenvalue weighted by Gasteiger charge is -2.27. The lowest BCUT2D eigenvalue weighted by atomic mass is 9.83. The zero-order valence-corrected chi connectivity index (χ0v) is 12.5. The predicted octanol–water partition coefficient (Wildman–Crippen LogP) is 2.24. The van der Waals surface area contributed by atoms with E-state index in [0.29, 0.717) is 0 Å². The number of aryl methyl sites for hydroxylation is 1. The van der Waals surface area contributed by atoms with Crippen molar-refractivity contribution in [1.29, 1.82) is 0 Å². The summed E-state index contributed by atoms with van der Waals surface area (Å²) < 4.78 is 7.45. The quantitative estimate of drug-likeness (QED) is 0.619. The number of nitrogens with two attached hydrogens (primary N) is 1. The topological polar surface area (TPSA) is 65.1 Å². The zero-order valence-electron chi connectivity index (χ0n) is 12.5. The first-order chi connectivity index (χ1) is 9.76. The van der Waals surface area contributed by atoms with Crippen LogP contribution in [0.4, 0.5) is 0 Å². The van der Waals surface area contributed by atoms with Crippen LogP contribution in [0.5, 0.6) is 5.75 Å². The smallest absolute Gasteiger partial charge is 0.161 e. The van der Waals surface area contributed by atoms with E-state index in [1.165, 1.54) is 25.7 Å². The molecule has 2 aliphatic carbocycles. The molecule has 0 aromatic carbocycles. The largest absolute Gasteiger partial charge is 0.493 e. The van der Waals surface area contributed by atoms with Gasteiger partial charge in [0.25, 0.3) is 0 Å². The monoisotopic (exact) mass is 278 g/mol. The van der Waals surface area contributed by atoms with Gasteiger partial charge >= 0.3 is 0 Å². The van der Waals surface area contributed by atoms with Crippen LogP contribution in [0.3, 0.4) is 0 Å². The summed E-state index contributed by atoms with van der Waals surface area (Å²) >= 11 is 0. The second kappa shape index (κ2) is 5.74. The van der Waals surface area contributed by atoms with Gasteiger partial charge in [0.1, 0.15) is 0 Å². The lowest BCUT2D eigenvalue weighted by Crippen LogP contribution is -2.32. The summed E-state index contributed by atoms with van der Waals surface area (Å²) in [5.41, 5.74) is 4.10. The van der Waals surface area contributed by atoms with Gasteiger partial charge in [-0.05, 0) is 50.4 Å². The van der Waals surface area contributed by atoms with Crippen molar-refractivity contribution < 1.29 is 4.74 Å². The minimum atomic E-state index is 0.136. The molecule has 4 unspecified atom stereocenters. The molecule has 0 saturated heterocycles. The molecule has 3 rings (SSSR count). The van der Waals surface area contributed by atoms with Gasteiger partial charge in [0.15, 0.2) is 5.75 Å². The fourth-order valence-corrected chi connectivity index (χ4v) is 4.37. The first-order valence-electron chi connectivity index (χ1n) is 7.82. The molecule has 0 spiro atoms. The Morgan fingerprint density at radius 3 is 2.90 bits per heavy atom. The summed E-state index contributed by atoms with van der Waals surface area (Å²) in [6.45, 7) is 2.94. The Balaban J connectivity index is 1.77. The number of nitrogens with one attached hydrogen (secondary N) is 1. The van der Waals surface area contributed by atoms with Crippen LogP contribution in [-0.4, -0.2) is 16.9 Å². The molecule has 5 heteroatoms. The van der Waals surface area contributed by atoms with Crippen LogP contribution >= 0.6 is 0 Å². The molecule has 20 heavy (non-hydrogen) atoms. The summed E-state index contributed by atoms with van der Waals surface area (Å²) in [4.78, 5) is 0. The van der Waals surface area contributed by atoms with E-state index in [9.17, 15) is 0 Å². The second-order valence-corrected chi connectivity index (χ2v) is 6.30. The third-order valence-electron chi connectivity index (χ3n) is 5.32. The first-order valence-corrected chi connectivity index (χ1v) is 7.82. The average molecular weight is 278 g/mol. The highest BCUT2D eigenvalue weighted by Gasteiger charge is 2.40. The van der Waals surface area contributed by atoms with Crippen molar-refractivity contribution in [2.75, 3.05) is 7.11 Å². The molecule has 2 aliphatic rings. The Labute approximate surface area is 120 Å². The van der Waals surface area contributed by atoms with Gasteiger partial charge in [-0.15, -0.1) is 0 Å². The van der Waals surface area contributed by atoms with E-state index in [-0.39, 0.29) is 6.04 Å². The van der Waals surface area contributed by atoms with Crippen LogP contribution < -0.4 is 16.0 Å². The SMILES string of the molecule is CCn1ncc(OC)c1C(CC1CC2CCC1C2)NN. The molecule has 3 N–H and O–H groups in total. The molecule has 4 atom stereocenters. The van der Waals surface area contributed by atoms with Crippen molar-refractivity contribution in [3.8, 4) is 5.75 Å². The Bertz CT molecular complexity index is 437. The van der Waals surface area contributed by atoms with Crippen molar-refractivity contribution in [2.45, 2.75) is 51.6 Å². The van der Waals surface area contributed by atoms with Crippen molar-refractivity contribution in [3.63, 3.8) is 0 Å². The molecule has 1 aromatic heterocycles. The van der Waals surface area contributed by atoms with Gasteiger partial charge < -0.3 is 4.74 Å². The molecule has 112 valence electrons. The van der Waals surface area contributed by atoms with Crippen LogP contribution in [-0.2, 0) is 6.54 Å². The number of fused-ring (bicyclic) bond motifs is 2. The van der Waals surface area contributed by atoms with Gasteiger partial charge in [-0.1, -0.05) is 6.42 Å². The van der Waals surface area contributed by atoms with Crippen LogP contribution in [0.1, 0.15) is 50.8 Å². The maximum Gasteiger partial charge on any atom is 0.161 e. The Morgan fingerprint density at radius 2 is 2.35 bits per heavy atom. The van der Waals surface area contributed by atoms with Gasteiger partial charge in [-0.2, -0.15) is 5.10 Å². The summed E-state index contributed by atoms with van der Waals surface area (Å²) in [5, 5.41) is 4.39. The molecule has 2 saturated carbocycles. The number of rotatable bonds is 6. The molecule has 5 nitrogen and oxygen atoms in total. The number of hydrogen-bond acceptors (Lipinski definition) is 4. The Morgan fingerprint density at radius 1 is 1.50 bits per heavy atom. The third kappa shape index (κ3) is 2.33. The van der Waals surface area contributed by atoms with E-state index in [2.05, 4.69) is 17.4 Å². The molecule has 2 bridgehead atoms. The van der Waals surface area contributed by atoms with Gasteiger partial charge in [-0.25, -0.2) is 0 Å². The summed E-state index contributed by atoms with van der Waals surface area (Å²) in [5.74, 6) is 9.38. The minimum Gasteiger partial charge on any atom is -0.493 e. The van der Waals surface area contributed by atoms with Gasteiger partial charge in [0, 0.05) is 6.54 Å². The van der Waals surface area contributed by atoms with Crippen molar-refractivity contribution in [1.82, 2.24) is 15.2 Å². The highest BCUT2D eigenvalue weighted by Crippen LogP contribution is 2.51. The maximum atomic E-state index is 5.84. The van der Waals surface area contributed by atoms with Gasteiger partial charge in [0.05, 0.1) is 25.0 Å². The fourth-order valence-electron chi connectivity index (χ4n) is 4.37. The van der Waals surface area contributed by atoms with Crippen LogP contribution in [0.2, 0.25) is 0 Å². The molecule has 0 radical (unpaired) electrons. The number of hydrogen-bond donors (Lipinski definition) is 2.